The van der Waals surface area contributed by atoms with Crippen molar-refractivity contribution >= 4 is 17.4 Å². The molecule has 1 N–H and O–H groups in total. The van der Waals surface area contributed by atoms with Crippen LogP contribution in [0.3, 0.4) is 0 Å². The molecular formula is C15H19NO3. The lowest BCUT2D eigenvalue weighted by Crippen LogP contribution is -2.00. The van der Waals surface area contributed by atoms with Crippen molar-refractivity contribution in [1.29, 1.82) is 0 Å². The van der Waals surface area contributed by atoms with Gasteiger partial charge in [-0.3, -0.25) is 4.79 Å². The summed E-state index contributed by atoms with van der Waals surface area (Å²) in [5.74, 6) is 0.837. The second kappa shape index (κ2) is 6.27. The number of unbranched alkanes of at least 4 members (excludes halogenated alkanes) is 1. The molecule has 0 radical (unpaired) electrons. The summed E-state index contributed by atoms with van der Waals surface area (Å²) in [5, 5.41) is 0.993. The van der Waals surface area contributed by atoms with Gasteiger partial charge in [-0.25, -0.2) is 0 Å². The fourth-order valence-electron chi connectivity index (χ4n) is 2.10. The van der Waals surface area contributed by atoms with E-state index < -0.39 is 0 Å². The van der Waals surface area contributed by atoms with E-state index >= 15 is 0 Å². The minimum absolute atomic E-state index is 0.290. The molecule has 0 aliphatic carbocycles. The Hall–Kier alpha value is -1.97. The van der Waals surface area contributed by atoms with Crippen LogP contribution in [-0.4, -0.2) is 18.1 Å². The van der Waals surface area contributed by atoms with Gasteiger partial charge < -0.3 is 14.5 Å². The Bertz CT molecular complexity index is 547. The number of rotatable bonds is 7. The zero-order valence-electron chi connectivity index (χ0n) is 11.3. The number of carbonyl (C=O) groups excluding carboxylic acids is 1. The van der Waals surface area contributed by atoms with Crippen molar-refractivity contribution in [2.75, 3.05) is 6.61 Å². The number of hydrogen-bond acceptors (Lipinski definition) is 3. The third kappa shape index (κ3) is 2.89. The Morgan fingerprint density at radius 1 is 1.42 bits per heavy atom. The first-order valence-corrected chi connectivity index (χ1v) is 6.59. The molecule has 1 aromatic carbocycles. The van der Waals surface area contributed by atoms with Gasteiger partial charge in [0.2, 0.25) is 0 Å². The van der Waals surface area contributed by atoms with Crippen molar-refractivity contribution in [1.82, 2.24) is 4.98 Å². The van der Waals surface area contributed by atoms with Crippen molar-refractivity contribution in [3.8, 4) is 5.75 Å². The molecule has 102 valence electrons. The number of carbonyl (C=O) groups is 1. The fourth-order valence-corrected chi connectivity index (χ4v) is 2.10. The topological polar surface area (TPSA) is 51.3 Å². The van der Waals surface area contributed by atoms with Crippen LogP contribution in [0, 0.1) is 0 Å². The van der Waals surface area contributed by atoms with Gasteiger partial charge in [-0.1, -0.05) is 19.4 Å². The molecule has 4 heteroatoms. The van der Waals surface area contributed by atoms with E-state index in [1.807, 2.05) is 31.3 Å². The van der Waals surface area contributed by atoms with Gasteiger partial charge in [0.15, 0.2) is 0 Å². The first-order valence-electron chi connectivity index (χ1n) is 6.59. The van der Waals surface area contributed by atoms with Crippen molar-refractivity contribution in [3.63, 3.8) is 0 Å². The van der Waals surface area contributed by atoms with E-state index in [4.69, 9.17) is 9.47 Å². The Morgan fingerprint density at radius 2 is 2.26 bits per heavy atom. The molecule has 4 nitrogen and oxygen atoms in total. The maximum Gasteiger partial charge on any atom is 0.293 e. The first kappa shape index (κ1) is 13.5. The Labute approximate surface area is 112 Å². The minimum atomic E-state index is -0.290. The molecule has 1 atom stereocenters. The van der Waals surface area contributed by atoms with Gasteiger partial charge in [0.05, 0.1) is 6.61 Å². The lowest BCUT2D eigenvalue weighted by Gasteiger charge is -2.11. The summed E-state index contributed by atoms with van der Waals surface area (Å²) in [7, 11) is 0. The zero-order valence-corrected chi connectivity index (χ0v) is 11.3. The number of fused-ring (bicyclic) bond motifs is 1. The molecule has 0 spiro atoms. The summed E-state index contributed by atoms with van der Waals surface area (Å²) >= 11 is 0. The largest absolute Gasteiger partial charge is 0.493 e. The Balaban J connectivity index is 2.34. The van der Waals surface area contributed by atoms with E-state index in [0.29, 0.717) is 13.1 Å². The van der Waals surface area contributed by atoms with Gasteiger partial charge in [0.25, 0.3) is 6.47 Å². The SMILES string of the molecule is CCCCOc1cccc2[nH]cc(C(C)OC=O)c12. The summed E-state index contributed by atoms with van der Waals surface area (Å²) < 4.78 is 10.8. The molecule has 0 aliphatic rings. The maximum atomic E-state index is 10.5. The van der Waals surface area contributed by atoms with Crippen LogP contribution in [-0.2, 0) is 9.53 Å². The number of aromatic nitrogens is 1. The monoisotopic (exact) mass is 261 g/mol. The highest BCUT2D eigenvalue weighted by molar-refractivity contribution is 5.89. The predicted octanol–water partition coefficient (Wildman–Crippen LogP) is 3.58. The lowest BCUT2D eigenvalue weighted by atomic mass is 10.1. The second-order valence-electron chi connectivity index (χ2n) is 4.50. The predicted molar refractivity (Wildman–Crippen MR) is 74.3 cm³/mol. The molecule has 0 fully saturated rings. The molecule has 1 aromatic heterocycles. The Morgan fingerprint density at radius 3 is 3.00 bits per heavy atom. The molecule has 0 bridgehead atoms. The molecule has 19 heavy (non-hydrogen) atoms. The van der Waals surface area contributed by atoms with Crippen molar-refractivity contribution in [3.05, 3.63) is 30.0 Å². The third-order valence-electron chi connectivity index (χ3n) is 3.15. The molecule has 1 heterocycles. The van der Waals surface area contributed by atoms with Gasteiger partial charge >= 0.3 is 0 Å². The quantitative estimate of drug-likeness (QED) is 0.612. The normalized spacial score (nSPS) is 12.3. The number of ether oxygens (including phenoxy) is 2. The minimum Gasteiger partial charge on any atom is -0.493 e. The van der Waals surface area contributed by atoms with E-state index in [2.05, 4.69) is 11.9 Å². The van der Waals surface area contributed by atoms with Crippen LogP contribution >= 0.6 is 0 Å². The van der Waals surface area contributed by atoms with Crippen LogP contribution in [0.4, 0.5) is 0 Å². The van der Waals surface area contributed by atoms with Crippen LogP contribution in [0.15, 0.2) is 24.4 Å². The van der Waals surface area contributed by atoms with E-state index in [9.17, 15) is 4.79 Å². The van der Waals surface area contributed by atoms with Crippen LogP contribution in [0.1, 0.15) is 38.4 Å². The summed E-state index contributed by atoms with van der Waals surface area (Å²) in [6.45, 7) is 5.15. The number of H-pyrrole nitrogens is 1. The molecule has 2 aromatic rings. The standard InChI is InChI=1S/C15H19NO3/c1-3-4-8-18-14-7-5-6-13-15(14)12(9-16-13)11(2)19-10-17/h5-7,9-11,16H,3-4,8H2,1-2H3. The molecular weight excluding hydrogens is 242 g/mol. The highest BCUT2D eigenvalue weighted by Gasteiger charge is 2.15. The molecule has 0 saturated heterocycles. The summed E-state index contributed by atoms with van der Waals surface area (Å²) in [5.41, 5.74) is 1.93. The lowest BCUT2D eigenvalue weighted by molar-refractivity contribution is -0.133. The van der Waals surface area contributed by atoms with Crippen molar-refractivity contribution < 1.29 is 14.3 Å². The van der Waals surface area contributed by atoms with Crippen LogP contribution < -0.4 is 4.74 Å². The fraction of sp³-hybridized carbons (Fsp3) is 0.400. The summed E-state index contributed by atoms with van der Waals surface area (Å²) in [4.78, 5) is 13.7. The molecule has 0 saturated carbocycles. The average molecular weight is 261 g/mol. The average Bonchev–Trinajstić information content (AvgIpc) is 2.84. The van der Waals surface area contributed by atoms with Crippen molar-refractivity contribution in [2.24, 2.45) is 0 Å². The highest BCUT2D eigenvalue weighted by atomic mass is 16.5. The van der Waals surface area contributed by atoms with Gasteiger partial charge in [0, 0.05) is 22.7 Å². The van der Waals surface area contributed by atoms with Crippen LogP contribution in [0.25, 0.3) is 10.9 Å². The maximum absolute atomic E-state index is 10.5. The molecule has 0 amide bonds. The van der Waals surface area contributed by atoms with E-state index in [1.165, 1.54) is 0 Å². The molecule has 1 unspecified atom stereocenters. The van der Waals surface area contributed by atoms with E-state index in [1.54, 1.807) is 0 Å². The van der Waals surface area contributed by atoms with Gasteiger partial charge in [-0.2, -0.15) is 0 Å². The van der Waals surface area contributed by atoms with E-state index in [0.717, 1.165) is 35.1 Å². The Kier molecular flexibility index (Phi) is 4.44. The first-order chi connectivity index (χ1) is 9.27. The molecule has 0 aliphatic heterocycles. The van der Waals surface area contributed by atoms with Crippen LogP contribution in [0.5, 0.6) is 5.75 Å². The number of aromatic amines is 1. The summed E-state index contributed by atoms with van der Waals surface area (Å²) in [6.07, 6.45) is 3.70. The van der Waals surface area contributed by atoms with E-state index in [-0.39, 0.29) is 6.10 Å². The zero-order chi connectivity index (χ0) is 13.7. The molecule has 2 rings (SSSR count). The number of nitrogens with one attached hydrogen (secondary N) is 1. The van der Waals surface area contributed by atoms with Crippen LogP contribution in [0.2, 0.25) is 0 Å². The third-order valence-corrected chi connectivity index (χ3v) is 3.15. The van der Waals surface area contributed by atoms with Crippen molar-refractivity contribution in [2.45, 2.75) is 32.8 Å². The highest BCUT2D eigenvalue weighted by Crippen LogP contribution is 2.33. The van der Waals surface area contributed by atoms with Gasteiger partial charge in [0.1, 0.15) is 11.9 Å². The number of benzene rings is 1. The van der Waals surface area contributed by atoms with Gasteiger partial charge in [-0.05, 0) is 25.5 Å². The van der Waals surface area contributed by atoms with Gasteiger partial charge in [-0.15, -0.1) is 0 Å². The second-order valence-corrected chi connectivity index (χ2v) is 4.50. The summed E-state index contributed by atoms with van der Waals surface area (Å²) in [6, 6.07) is 5.89. The smallest absolute Gasteiger partial charge is 0.293 e. The number of hydrogen-bond donors (Lipinski definition) is 1.